The van der Waals surface area contributed by atoms with Crippen LogP contribution in [0.3, 0.4) is 0 Å². The molecule has 0 bridgehead atoms. The lowest BCUT2D eigenvalue weighted by Gasteiger charge is -2.61. The van der Waals surface area contributed by atoms with Crippen LogP contribution in [0.15, 0.2) is 6.20 Å². The van der Waals surface area contributed by atoms with Crippen LogP contribution in [0, 0.1) is 46.3 Å². The largest absolute Gasteiger partial charge is 0.481 e. The van der Waals surface area contributed by atoms with E-state index in [1.807, 2.05) is 10.9 Å². The third-order valence-electron chi connectivity index (χ3n) is 11.9. The fraction of sp³-hybridized carbons (Fsp3) is 0.900. The molecule has 0 radical (unpaired) electrons. The minimum Gasteiger partial charge on any atom is -0.481 e. The maximum Gasteiger partial charge on any atom is 0.303 e. The summed E-state index contributed by atoms with van der Waals surface area (Å²) >= 11 is 0. The topological polar surface area (TPSA) is 88.2 Å². The molecule has 9 atom stereocenters. The SMILES string of the molecule is C[C@H](CCCn1cc(CCCC(=O)O)nn1)[C@H]1CC[C@H]2[C@@H]3CC[C@@H]4C[C@H](O)CC[C@]4(C)[C@H]3CC[C@]12C. The van der Waals surface area contributed by atoms with Crippen LogP contribution in [0.25, 0.3) is 0 Å². The molecule has 4 fully saturated rings. The third-order valence-corrected chi connectivity index (χ3v) is 11.9. The molecule has 4 aliphatic rings. The Morgan fingerprint density at radius 1 is 1.08 bits per heavy atom. The molecule has 36 heavy (non-hydrogen) atoms. The van der Waals surface area contributed by atoms with Crippen LogP contribution in [0.5, 0.6) is 0 Å². The summed E-state index contributed by atoms with van der Waals surface area (Å²) in [5, 5.41) is 27.6. The quantitative estimate of drug-likeness (QED) is 0.427. The second-order valence-corrected chi connectivity index (χ2v) is 13.7. The number of rotatable bonds is 9. The zero-order valence-electron chi connectivity index (χ0n) is 22.9. The molecule has 0 amide bonds. The number of hydrogen-bond acceptors (Lipinski definition) is 4. The fourth-order valence-electron chi connectivity index (χ4n) is 9.97. The first kappa shape index (κ1) is 26.2. The molecular formula is C30H49N3O3. The van der Waals surface area contributed by atoms with Gasteiger partial charge in [0.1, 0.15) is 0 Å². The van der Waals surface area contributed by atoms with Crippen molar-refractivity contribution in [3.05, 3.63) is 11.9 Å². The van der Waals surface area contributed by atoms with E-state index in [2.05, 4.69) is 31.1 Å². The van der Waals surface area contributed by atoms with Gasteiger partial charge in [-0.15, -0.1) is 5.10 Å². The maximum atomic E-state index is 10.7. The van der Waals surface area contributed by atoms with Gasteiger partial charge >= 0.3 is 5.97 Å². The van der Waals surface area contributed by atoms with Crippen molar-refractivity contribution in [1.82, 2.24) is 15.0 Å². The van der Waals surface area contributed by atoms with Gasteiger partial charge in [0.2, 0.25) is 0 Å². The summed E-state index contributed by atoms with van der Waals surface area (Å²) in [6.45, 7) is 8.66. The van der Waals surface area contributed by atoms with Crippen molar-refractivity contribution in [2.75, 3.05) is 0 Å². The van der Waals surface area contributed by atoms with Crippen LogP contribution in [-0.2, 0) is 17.8 Å². The Morgan fingerprint density at radius 3 is 2.67 bits per heavy atom. The van der Waals surface area contributed by atoms with Crippen LogP contribution >= 0.6 is 0 Å². The van der Waals surface area contributed by atoms with E-state index in [4.69, 9.17) is 5.11 Å². The number of nitrogens with zero attached hydrogens (tertiary/aromatic N) is 3. The van der Waals surface area contributed by atoms with Crippen molar-refractivity contribution in [1.29, 1.82) is 0 Å². The minimum atomic E-state index is -0.747. The Bertz CT molecular complexity index is 917. The van der Waals surface area contributed by atoms with E-state index < -0.39 is 5.97 Å². The Balaban J connectivity index is 1.15. The molecule has 6 nitrogen and oxygen atoms in total. The molecule has 6 heteroatoms. The Hall–Kier alpha value is -1.43. The van der Waals surface area contributed by atoms with Gasteiger partial charge in [0, 0.05) is 19.2 Å². The number of aromatic nitrogens is 3. The van der Waals surface area contributed by atoms with Gasteiger partial charge < -0.3 is 10.2 Å². The molecule has 5 rings (SSSR count). The summed E-state index contributed by atoms with van der Waals surface area (Å²) in [6, 6.07) is 0. The van der Waals surface area contributed by atoms with Crippen LogP contribution in [0.2, 0.25) is 0 Å². The molecule has 0 spiro atoms. The van der Waals surface area contributed by atoms with Gasteiger partial charge in [0.25, 0.3) is 0 Å². The van der Waals surface area contributed by atoms with Crippen molar-refractivity contribution >= 4 is 5.97 Å². The Morgan fingerprint density at radius 2 is 1.86 bits per heavy atom. The number of aliphatic carboxylic acids is 1. The van der Waals surface area contributed by atoms with Crippen molar-refractivity contribution < 1.29 is 15.0 Å². The summed E-state index contributed by atoms with van der Waals surface area (Å²) in [5.74, 6) is 4.27. The number of aryl methyl sites for hydroxylation is 2. The average molecular weight is 500 g/mol. The van der Waals surface area contributed by atoms with Crippen molar-refractivity contribution in [3.63, 3.8) is 0 Å². The van der Waals surface area contributed by atoms with E-state index in [1.54, 1.807) is 0 Å². The molecule has 0 aliphatic heterocycles. The number of hydrogen-bond donors (Lipinski definition) is 2. The lowest BCUT2D eigenvalue weighted by Crippen LogP contribution is -2.54. The number of fused-ring (bicyclic) bond motifs is 5. The molecular weight excluding hydrogens is 450 g/mol. The van der Waals surface area contributed by atoms with Crippen LogP contribution < -0.4 is 0 Å². The summed E-state index contributed by atoms with van der Waals surface area (Å²) in [4.78, 5) is 10.7. The van der Waals surface area contributed by atoms with Gasteiger partial charge in [-0.25, -0.2) is 0 Å². The fourth-order valence-corrected chi connectivity index (χ4v) is 9.97. The Labute approximate surface area is 217 Å². The highest BCUT2D eigenvalue weighted by Crippen LogP contribution is 2.68. The minimum absolute atomic E-state index is 0.0498. The molecule has 0 aromatic carbocycles. The van der Waals surface area contributed by atoms with Crippen LogP contribution in [0.4, 0.5) is 0 Å². The molecule has 0 unspecified atom stereocenters. The number of carboxylic acids is 1. The standard InChI is InChI=1S/C30H49N3O3/c1-20(6-5-17-33-19-22(31-32-33)7-4-8-28(35)36)25-11-12-26-24-10-9-21-18-23(34)13-15-29(21,2)27(24)14-16-30(25,26)3/h19-21,23-27,34H,4-18H2,1-3H3,(H,35,36)/t20-,21-,23-,24+,25-,26+,27+,29+,30-/m1/s1. The van der Waals surface area contributed by atoms with Crippen molar-refractivity contribution in [2.45, 2.75) is 123 Å². The lowest BCUT2D eigenvalue weighted by atomic mass is 9.44. The lowest BCUT2D eigenvalue weighted by molar-refractivity contribution is -0.137. The number of carboxylic acid groups (broad SMARTS) is 1. The zero-order chi connectivity index (χ0) is 25.5. The summed E-state index contributed by atoms with van der Waals surface area (Å²) in [6.07, 6.45) is 17.5. The Kier molecular flexibility index (Phi) is 7.55. The summed E-state index contributed by atoms with van der Waals surface area (Å²) in [5.41, 5.74) is 1.88. The summed E-state index contributed by atoms with van der Waals surface area (Å²) in [7, 11) is 0. The number of aliphatic hydroxyl groups excluding tert-OH is 1. The average Bonchev–Trinajstić information content (AvgIpc) is 3.43. The third kappa shape index (κ3) is 4.88. The predicted octanol–water partition coefficient (Wildman–Crippen LogP) is 6.12. The van der Waals surface area contributed by atoms with Gasteiger partial charge in [0.05, 0.1) is 11.8 Å². The van der Waals surface area contributed by atoms with E-state index in [9.17, 15) is 9.90 Å². The maximum absolute atomic E-state index is 10.7. The van der Waals surface area contributed by atoms with E-state index in [1.165, 1.54) is 51.4 Å². The molecule has 202 valence electrons. The van der Waals surface area contributed by atoms with E-state index in [-0.39, 0.29) is 12.5 Å². The van der Waals surface area contributed by atoms with Gasteiger partial charge in [-0.3, -0.25) is 9.48 Å². The monoisotopic (exact) mass is 499 g/mol. The van der Waals surface area contributed by atoms with Gasteiger partial charge in [0.15, 0.2) is 0 Å². The first-order chi connectivity index (χ1) is 17.2. The van der Waals surface area contributed by atoms with E-state index >= 15 is 0 Å². The molecule has 4 aliphatic carbocycles. The predicted molar refractivity (Wildman–Crippen MR) is 140 cm³/mol. The number of carbonyl (C=O) groups is 1. The molecule has 2 N–H and O–H groups in total. The molecule has 1 aromatic rings. The zero-order valence-corrected chi connectivity index (χ0v) is 22.9. The molecule has 1 heterocycles. The normalized spacial score (nSPS) is 40.8. The highest BCUT2D eigenvalue weighted by atomic mass is 16.4. The van der Waals surface area contributed by atoms with Crippen molar-refractivity contribution in [2.24, 2.45) is 46.3 Å². The van der Waals surface area contributed by atoms with Gasteiger partial charge in [-0.1, -0.05) is 26.0 Å². The summed E-state index contributed by atoms with van der Waals surface area (Å²) < 4.78 is 1.95. The first-order valence-electron chi connectivity index (χ1n) is 15.0. The second kappa shape index (κ2) is 10.4. The van der Waals surface area contributed by atoms with E-state index in [0.29, 0.717) is 23.7 Å². The second-order valence-electron chi connectivity index (χ2n) is 13.7. The van der Waals surface area contributed by atoms with Gasteiger partial charge in [-0.2, -0.15) is 0 Å². The number of aliphatic hydroxyl groups is 1. The highest BCUT2D eigenvalue weighted by molar-refractivity contribution is 5.66. The van der Waals surface area contributed by atoms with Gasteiger partial charge in [-0.05, 0) is 130 Å². The van der Waals surface area contributed by atoms with Crippen LogP contribution in [0.1, 0.15) is 110 Å². The van der Waals surface area contributed by atoms with E-state index in [0.717, 1.165) is 67.0 Å². The van der Waals surface area contributed by atoms with Crippen molar-refractivity contribution in [3.8, 4) is 0 Å². The highest BCUT2D eigenvalue weighted by Gasteiger charge is 2.60. The molecule has 4 saturated carbocycles. The van der Waals surface area contributed by atoms with Crippen LogP contribution in [-0.4, -0.2) is 37.3 Å². The first-order valence-corrected chi connectivity index (χ1v) is 15.0. The molecule has 1 aromatic heterocycles. The smallest absolute Gasteiger partial charge is 0.303 e. The molecule has 0 saturated heterocycles.